The Kier molecular flexibility index (Phi) is 3.25. The molecule has 1 saturated heterocycles. The second kappa shape index (κ2) is 5.40. The van der Waals surface area contributed by atoms with Crippen molar-refractivity contribution >= 4 is 11.7 Å². The summed E-state index contributed by atoms with van der Waals surface area (Å²) in [6.07, 6.45) is 4.95. The molecular weight excluding hydrogens is 280 g/mol. The van der Waals surface area contributed by atoms with Crippen LogP contribution in [0.5, 0.6) is 0 Å². The van der Waals surface area contributed by atoms with Crippen LogP contribution in [0.15, 0.2) is 18.3 Å². The SMILES string of the molecule is O=C(NCC1CN(c2cc3c(nn2)CCC3)C1)c1ccn[nH]1. The monoisotopic (exact) mass is 298 g/mol. The van der Waals surface area contributed by atoms with E-state index in [1.807, 2.05) is 0 Å². The van der Waals surface area contributed by atoms with Gasteiger partial charge in [-0.25, -0.2) is 0 Å². The lowest BCUT2D eigenvalue weighted by Gasteiger charge is -2.40. The predicted molar refractivity (Wildman–Crippen MR) is 80.7 cm³/mol. The van der Waals surface area contributed by atoms with Crippen LogP contribution in [0.4, 0.5) is 5.82 Å². The first kappa shape index (κ1) is 13.2. The van der Waals surface area contributed by atoms with E-state index in [1.165, 1.54) is 12.0 Å². The second-order valence-electron chi connectivity index (χ2n) is 5.98. The first-order chi connectivity index (χ1) is 10.8. The number of aromatic amines is 1. The molecule has 1 aliphatic heterocycles. The van der Waals surface area contributed by atoms with Gasteiger partial charge in [-0.05, 0) is 37.0 Å². The van der Waals surface area contributed by atoms with Crippen LogP contribution in [0.1, 0.15) is 28.2 Å². The third kappa shape index (κ3) is 2.43. The molecule has 0 unspecified atom stereocenters. The lowest BCUT2D eigenvalue weighted by molar-refractivity contribution is 0.0939. The number of H-pyrrole nitrogens is 1. The van der Waals surface area contributed by atoms with E-state index in [1.54, 1.807) is 12.3 Å². The molecule has 2 N–H and O–H groups in total. The van der Waals surface area contributed by atoms with Crippen molar-refractivity contribution in [1.29, 1.82) is 0 Å². The summed E-state index contributed by atoms with van der Waals surface area (Å²) in [5, 5.41) is 18.0. The van der Waals surface area contributed by atoms with Crippen LogP contribution in [-0.4, -0.2) is 45.9 Å². The molecule has 114 valence electrons. The van der Waals surface area contributed by atoms with Gasteiger partial charge in [-0.2, -0.15) is 10.2 Å². The molecule has 0 bridgehead atoms. The fraction of sp³-hybridized carbons (Fsp3) is 0.467. The van der Waals surface area contributed by atoms with Crippen LogP contribution >= 0.6 is 0 Å². The molecule has 2 aliphatic rings. The zero-order chi connectivity index (χ0) is 14.9. The van der Waals surface area contributed by atoms with Gasteiger partial charge in [0.05, 0.1) is 5.69 Å². The molecule has 1 aliphatic carbocycles. The Morgan fingerprint density at radius 1 is 1.36 bits per heavy atom. The van der Waals surface area contributed by atoms with Gasteiger partial charge in [-0.15, -0.1) is 5.10 Å². The predicted octanol–water partition coefficient (Wildman–Crippen LogP) is 0.555. The fourth-order valence-electron chi connectivity index (χ4n) is 3.07. The van der Waals surface area contributed by atoms with Crippen molar-refractivity contribution in [2.45, 2.75) is 19.3 Å². The quantitative estimate of drug-likeness (QED) is 0.861. The van der Waals surface area contributed by atoms with E-state index in [9.17, 15) is 4.79 Å². The molecule has 0 spiro atoms. The van der Waals surface area contributed by atoms with Crippen molar-refractivity contribution < 1.29 is 4.79 Å². The minimum absolute atomic E-state index is 0.103. The number of aromatic nitrogens is 4. The number of rotatable bonds is 4. The van der Waals surface area contributed by atoms with E-state index in [-0.39, 0.29) is 5.91 Å². The Morgan fingerprint density at radius 2 is 2.27 bits per heavy atom. The van der Waals surface area contributed by atoms with Crippen LogP contribution in [0.25, 0.3) is 0 Å². The standard InChI is InChI=1S/C15H18N6O/c22-15(13-4-5-17-18-13)16-7-10-8-21(9-10)14-6-11-2-1-3-12(11)19-20-14/h4-6,10H,1-3,7-9H2,(H,16,22)(H,17,18). The zero-order valence-corrected chi connectivity index (χ0v) is 12.2. The van der Waals surface area contributed by atoms with Crippen LogP contribution in [-0.2, 0) is 12.8 Å². The van der Waals surface area contributed by atoms with E-state index in [4.69, 9.17) is 0 Å². The fourth-order valence-corrected chi connectivity index (χ4v) is 3.07. The minimum Gasteiger partial charge on any atom is -0.354 e. The largest absolute Gasteiger partial charge is 0.354 e. The number of anilines is 1. The molecule has 0 radical (unpaired) electrons. The molecule has 7 nitrogen and oxygen atoms in total. The second-order valence-corrected chi connectivity index (χ2v) is 5.98. The lowest BCUT2D eigenvalue weighted by atomic mass is 10.00. The van der Waals surface area contributed by atoms with Crippen LogP contribution in [0.3, 0.4) is 0 Å². The average molecular weight is 298 g/mol. The van der Waals surface area contributed by atoms with Crippen molar-refractivity contribution in [1.82, 2.24) is 25.7 Å². The van der Waals surface area contributed by atoms with E-state index >= 15 is 0 Å². The number of aryl methyl sites for hydroxylation is 2. The first-order valence-electron chi connectivity index (χ1n) is 7.67. The van der Waals surface area contributed by atoms with Gasteiger partial charge in [-0.1, -0.05) is 0 Å². The maximum atomic E-state index is 11.8. The summed E-state index contributed by atoms with van der Waals surface area (Å²) in [7, 11) is 0. The Balaban J connectivity index is 1.28. The van der Waals surface area contributed by atoms with Gasteiger partial charge >= 0.3 is 0 Å². The number of nitrogens with zero attached hydrogens (tertiary/aromatic N) is 4. The minimum atomic E-state index is -0.103. The van der Waals surface area contributed by atoms with Gasteiger partial charge in [0.2, 0.25) is 0 Å². The molecule has 3 heterocycles. The van der Waals surface area contributed by atoms with E-state index in [2.05, 4.69) is 36.7 Å². The van der Waals surface area contributed by atoms with Crippen molar-refractivity contribution in [3.05, 3.63) is 35.3 Å². The number of carbonyl (C=O) groups is 1. The van der Waals surface area contributed by atoms with E-state index in [0.717, 1.165) is 37.4 Å². The highest BCUT2D eigenvalue weighted by Gasteiger charge is 2.29. The van der Waals surface area contributed by atoms with Crippen molar-refractivity contribution in [3.63, 3.8) is 0 Å². The highest BCUT2D eigenvalue weighted by molar-refractivity contribution is 5.92. The molecule has 2 aromatic rings. The van der Waals surface area contributed by atoms with E-state index < -0.39 is 0 Å². The smallest absolute Gasteiger partial charge is 0.269 e. The molecule has 1 fully saturated rings. The third-order valence-electron chi connectivity index (χ3n) is 4.38. The van der Waals surface area contributed by atoms with Crippen LogP contribution in [0, 0.1) is 5.92 Å². The molecular formula is C15H18N6O. The number of hydrogen-bond acceptors (Lipinski definition) is 5. The Hall–Kier alpha value is -2.44. The Bertz CT molecular complexity index is 677. The van der Waals surface area contributed by atoms with Gasteiger partial charge in [0.1, 0.15) is 5.69 Å². The highest BCUT2D eigenvalue weighted by atomic mass is 16.1. The molecule has 0 aromatic carbocycles. The van der Waals surface area contributed by atoms with Gasteiger partial charge in [0.15, 0.2) is 5.82 Å². The number of hydrogen-bond donors (Lipinski definition) is 2. The van der Waals surface area contributed by atoms with Gasteiger partial charge in [0, 0.05) is 31.7 Å². The molecule has 7 heteroatoms. The normalized spacial score (nSPS) is 17.2. The molecule has 1 amide bonds. The maximum absolute atomic E-state index is 11.8. The number of fused-ring (bicyclic) bond motifs is 1. The summed E-state index contributed by atoms with van der Waals surface area (Å²) in [6.45, 7) is 2.50. The Labute approximate surface area is 128 Å². The highest BCUT2D eigenvalue weighted by Crippen LogP contribution is 2.26. The van der Waals surface area contributed by atoms with Crippen molar-refractivity contribution in [2.75, 3.05) is 24.5 Å². The molecule has 0 atom stereocenters. The van der Waals surface area contributed by atoms with Crippen molar-refractivity contribution in [2.24, 2.45) is 5.92 Å². The summed E-state index contributed by atoms with van der Waals surface area (Å²) >= 11 is 0. The molecule has 0 saturated carbocycles. The molecule has 2 aromatic heterocycles. The number of carbonyl (C=O) groups excluding carboxylic acids is 1. The zero-order valence-electron chi connectivity index (χ0n) is 12.2. The van der Waals surface area contributed by atoms with Gasteiger partial charge in [-0.3, -0.25) is 9.89 Å². The summed E-state index contributed by atoms with van der Waals surface area (Å²) in [5.41, 5.74) is 3.01. The summed E-state index contributed by atoms with van der Waals surface area (Å²) in [5.74, 6) is 1.33. The molecule has 4 rings (SSSR count). The van der Waals surface area contributed by atoms with Crippen molar-refractivity contribution in [3.8, 4) is 0 Å². The summed E-state index contributed by atoms with van der Waals surface area (Å²) < 4.78 is 0. The molecule has 22 heavy (non-hydrogen) atoms. The number of amides is 1. The Morgan fingerprint density at radius 3 is 3.09 bits per heavy atom. The summed E-state index contributed by atoms with van der Waals surface area (Å²) in [4.78, 5) is 14.0. The lowest BCUT2D eigenvalue weighted by Crippen LogP contribution is -2.52. The van der Waals surface area contributed by atoms with E-state index in [0.29, 0.717) is 18.2 Å². The summed E-state index contributed by atoms with van der Waals surface area (Å²) in [6, 6.07) is 3.84. The average Bonchev–Trinajstić information content (AvgIpc) is 3.16. The van der Waals surface area contributed by atoms with Gasteiger partial charge < -0.3 is 10.2 Å². The van der Waals surface area contributed by atoms with Crippen LogP contribution < -0.4 is 10.2 Å². The third-order valence-corrected chi connectivity index (χ3v) is 4.38. The van der Waals surface area contributed by atoms with Crippen LogP contribution in [0.2, 0.25) is 0 Å². The maximum Gasteiger partial charge on any atom is 0.269 e. The topological polar surface area (TPSA) is 86.8 Å². The van der Waals surface area contributed by atoms with Gasteiger partial charge in [0.25, 0.3) is 5.91 Å². The first-order valence-corrected chi connectivity index (χ1v) is 7.67. The number of nitrogens with one attached hydrogen (secondary N) is 2.